The number of rotatable bonds is 10. The minimum absolute atomic E-state index is 0.150. The summed E-state index contributed by atoms with van der Waals surface area (Å²) in [6.07, 6.45) is 9.71. The number of allylic oxidation sites excluding steroid dienone is 2. The van der Waals surface area contributed by atoms with Gasteiger partial charge in [0.15, 0.2) is 0 Å². The van der Waals surface area contributed by atoms with E-state index in [1.807, 2.05) is 6.92 Å². The van der Waals surface area contributed by atoms with Gasteiger partial charge in [-0.15, -0.1) is 0 Å². The Morgan fingerprint density at radius 2 is 1.82 bits per heavy atom. The van der Waals surface area contributed by atoms with Crippen LogP contribution in [0, 0.1) is 5.92 Å². The molecule has 0 spiro atoms. The molecule has 0 aliphatic carbocycles. The van der Waals surface area contributed by atoms with Gasteiger partial charge in [-0.25, -0.2) is 0 Å². The molecule has 2 atom stereocenters. The minimum atomic E-state index is -0.150. The van der Waals surface area contributed by atoms with Crippen LogP contribution in [-0.4, -0.2) is 22.9 Å². The van der Waals surface area contributed by atoms with Crippen LogP contribution in [0.2, 0.25) is 0 Å². The molecule has 0 radical (unpaired) electrons. The zero-order valence-electron chi connectivity index (χ0n) is 11.8. The third-order valence-electron chi connectivity index (χ3n) is 3.20. The largest absolute Gasteiger partial charge is 0.396 e. The van der Waals surface area contributed by atoms with Crippen molar-refractivity contribution in [3.05, 3.63) is 11.6 Å². The molecule has 2 unspecified atom stereocenters. The van der Waals surface area contributed by atoms with Gasteiger partial charge in [0.1, 0.15) is 0 Å². The molecule has 2 heteroatoms. The van der Waals surface area contributed by atoms with Crippen LogP contribution in [0.3, 0.4) is 0 Å². The molecule has 0 aliphatic rings. The van der Waals surface area contributed by atoms with Crippen LogP contribution < -0.4 is 0 Å². The lowest BCUT2D eigenvalue weighted by Gasteiger charge is -2.11. The lowest BCUT2D eigenvalue weighted by Crippen LogP contribution is -2.01. The van der Waals surface area contributed by atoms with Gasteiger partial charge in [0, 0.05) is 6.61 Å². The zero-order chi connectivity index (χ0) is 13.1. The van der Waals surface area contributed by atoms with E-state index in [9.17, 15) is 0 Å². The van der Waals surface area contributed by atoms with Crippen LogP contribution in [0.15, 0.2) is 11.6 Å². The zero-order valence-corrected chi connectivity index (χ0v) is 11.8. The quantitative estimate of drug-likeness (QED) is 0.574. The Hall–Kier alpha value is -0.340. The van der Waals surface area contributed by atoms with Crippen LogP contribution >= 0.6 is 0 Å². The Kier molecular flexibility index (Phi) is 10.6. The Bertz CT molecular complexity index is 197. The normalized spacial score (nSPS) is 15.9. The van der Waals surface area contributed by atoms with Crippen LogP contribution in [-0.2, 0) is 0 Å². The maximum atomic E-state index is 9.17. The van der Waals surface area contributed by atoms with Crippen molar-refractivity contribution in [1.82, 2.24) is 0 Å². The van der Waals surface area contributed by atoms with Gasteiger partial charge < -0.3 is 10.2 Å². The molecule has 0 fully saturated rings. The summed E-state index contributed by atoms with van der Waals surface area (Å²) >= 11 is 0. The number of aliphatic hydroxyl groups is 2. The number of hydrogen-bond donors (Lipinski definition) is 2. The highest BCUT2D eigenvalue weighted by molar-refractivity contribution is 4.97. The van der Waals surface area contributed by atoms with E-state index in [0.717, 1.165) is 38.0 Å². The standard InChI is InChI=1S/C15H30O2/c1-13(9-5-11-15(3)17)7-4-8-14(2)10-6-12-16/h8,13,15-17H,4-7,9-12H2,1-3H3/b14-8-. The van der Waals surface area contributed by atoms with Crippen molar-refractivity contribution in [1.29, 1.82) is 0 Å². The summed E-state index contributed by atoms with van der Waals surface area (Å²) in [6, 6.07) is 0. The Balaban J connectivity index is 3.52. The highest BCUT2D eigenvalue weighted by Gasteiger charge is 2.02. The molecular formula is C15H30O2. The molecule has 0 heterocycles. The molecule has 0 aliphatic heterocycles. The second kappa shape index (κ2) is 10.8. The van der Waals surface area contributed by atoms with Crippen LogP contribution in [0.1, 0.15) is 65.7 Å². The molecule has 17 heavy (non-hydrogen) atoms. The van der Waals surface area contributed by atoms with Gasteiger partial charge in [0.05, 0.1) is 6.10 Å². The molecule has 0 aromatic carbocycles. The third kappa shape index (κ3) is 11.9. The summed E-state index contributed by atoms with van der Waals surface area (Å²) in [6.45, 7) is 6.59. The van der Waals surface area contributed by atoms with Crippen molar-refractivity contribution in [2.75, 3.05) is 6.61 Å². The van der Waals surface area contributed by atoms with Crippen LogP contribution in [0.5, 0.6) is 0 Å². The lowest BCUT2D eigenvalue weighted by molar-refractivity contribution is 0.178. The molecule has 102 valence electrons. The van der Waals surface area contributed by atoms with Crippen molar-refractivity contribution in [3.8, 4) is 0 Å². The fourth-order valence-electron chi connectivity index (χ4n) is 1.98. The smallest absolute Gasteiger partial charge is 0.0512 e. The topological polar surface area (TPSA) is 40.5 Å². The summed E-state index contributed by atoms with van der Waals surface area (Å²) in [7, 11) is 0. The van der Waals surface area contributed by atoms with Crippen LogP contribution in [0.4, 0.5) is 0 Å². The molecule has 0 bridgehead atoms. The maximum Gasteiger partial charge on any atom is 0.0512 e. The molecule has 0 rings (SSSR count). The first-order valence-electron chi connectivity index (χ1n) is 7.00. The fourth-order valence-corrected chi connectivity index (χ4v) is 1.98. The molecule has 2 N–H and O–H groups in total. The van der Waals surface area contributed by atoms with Gasteiger partial charge >= 0.3 is 0 Å². The molecule has 0 saturated carbocycles. The highest BCUT2D eigenvalue weighted by Crippen LogP contribution is 2.16. The van der Waals surface area contributed by atoms with E-state index >= 15 is 0 Å². The third-order valence-corrected chi connectivity index (χ3v) is 3.20. The maximum absolute atomic E-state index is 9.17. The predicted octanol–water partition coefficient (Wildman–Crippen LogP) is 3.67. The van der Waals surface area contributed by atoms with Crippen molar-refractivity contribution in [2.45, 2.75) is 71.8 Å². The average molecular weight is 242 g/mol. The van der Waals surface area contributed by atoms with E-state index in [4.69, 9.17) is 10.2 Å². The molecule has 0 aromatic heterocycles. The number of aliphatic hydroxyl groups excluding tert-OH is 2. The SMILES string of the molecule is C/C(=C/CCC(C)CCCC(C)O)CCCO. The molecule has 2 nitrogen and oxygen atoms in total. The monoisotopic (exact) mass is 242 g/mol. The van der Waals surface area contributed by atoms with Gasteiger partial charge in [-0.1, -0.05) is 31.4 Å². The van der Waals surface area contributed by atoms with Crippen molar-refractivity contribution in [3.63, 3.8) is 0 Å². The first-order chi connectivity index (χ1) is 8.06. The number of hydrogen-bond acceptors (Lipinski definition) is 2. The lowest BCUT2D eigenvalue weighted by atomic mass is 9.97. The van der Waals surface area contributed by atoms with E-state index in [1.54, 1.807) is 0 Å². The molecule has 0 aromatic rings. The van der Waals surface area contributed by atoms with Crippen molar-refractivity contribution < 1.29 is 10.2 Å². The van der Waals surface area contributed by atoms with E-state index in [-0.39, 0.29) is 6.10 Å². The fraction of sp³-hybridized carbons (Fsp3) is 0.867. The summed E-state index contributed by atoms with van der Waals surface area (Å²) in [5.74, 6) is 0.746. The first-order valence-corrected chi connectivity index (χ1v) is 7.00. The predicted molar refractivity (Wildman–Crippen MR) is 74.0 cm³/mol. The van der Waals surface area contributed by atoms with Crippen molar-refractivity contribution in [2.24, 2.45) is 5.92 Å². The first kappa shape index (κ1) is 16.7. The second-order valence-corrected chi connectivity index (χ2v) is 5.34. The van der Waals surface area contributed by atoms with E-state index in [2.05, 4.69) is 19.9 Å². The van der Waals surface area contributed by atoms with Gasteiger partial charge in [0.25, 0.3) is 0 Å². The Morgan fingerprint density at radius 1 is 1.12 bits per heavy atom. The van der Waals surface area contributed by atoms with E-state index in [0.29, 0.717) is 6.61 Å². The average Bonchev–Trinajstić information content (AvgIpc) is 2.25. The molecule has 0 saturated heterocycles. The second-order valence-electron chi connectivity index (χ2n) is 5.34. The summed E-state index contributed by atoms with van der Waals surface area (Å²) in [5.41, 5.74) is 1.40. The Labute approximate surface area is 107 Å². The highest BCUT2D eigenvalue weighted by atomic mass is 16.3. The van der Waals surface area contributed by atoms with E-state index < -0.39 is 0 Å². The van der Waals surface area contributed by atoms with Gasteiger partial charge in [0.2, 0.25) is 0 Å². The summed E-state index contributed by atoms with van der Waals surface area (Å²) in [5, 5.41) is 17.9. The van der Waals surface area contributed by atoms with Crippen LogP contribution in [0.25, 0.3) is 0 Å². The summed E-state index contributed by atoms with van der Waals surface area (Å²) in [4.78, 5) is 0. The minimum Gasteiger partial charge on any atom is -0.396 e. The van der Waals surface area contributed by atoms with Gasteiger partial charge in [-0.05, 0) is 51.9 Å². The molecule has 0 amide bonds. The Morgan fingerprint density at radius 3 is 2.41 bits per heavy atom. The van der Waals surface area contributed by atoms with E-state index in [1.165, 1.54) is 18.4 Å². The van der Waals surface area contributed by atoms with Gasteiger partial charge in [-0.3, -0.25) is 0 Å². The summed E-state index contributed by atoms with van der Waals surface area (Å²) < 4.78 is 0. The van der Waals surface area contributed by atoms with Crippen molar-refractivity contribution >= 4 is 0 Å². The molecular weight excluding hydrogens is 212 g/mol. The van der Waals surface area contributed by atoms with Gasteiger partial charge in [-0.2, -0.15) is 0 Å².